The highest BCUT2D eigenvalue weighted by Gasteiger charge is 2.39. The molecule has 3 nitrogen and oxygen atoms in total. The first-order valence-corrected chi connectivity index (χ1v) is 5.84. The first kappa shape index (κ1) is 11.6. The van der Waals surface area contributed by atoms with Gasteiger partial charge in [-0.3, -0.25) is 0 Å². The van der Waals surface area contributed by atoms with Gasteiger partial charge in [0.2, 0.25) is 0 Å². The molecule has 1 fully saturated rings. The Bertz CT molecular complexity index is 328. The van der Waals surface area contributed by atoms with Gasteiger partial charge < -0.3 is 15.2 Å². The van der Waals surface area contributed by atoms with Crippen molar-refractivity contribution in [1.82, 2.24) is 0 Å². The van der Waals surface area contributed by atoms with E-state index in [9.17, 15) is 0 Å². The van der Waals surface area contributed by atoms with Gasteiger partial charge in [0.15, 0.2) is 5.79 Å². The Kier molecular flexibility index (Phi) is 3.59. The van der Waals surface area contributed by atoms with E-state index in [1.807, 2.05) is 18.2 Å². The summed E-state index contributed by atoms with van der Waals surface area (Å²) in [5, 5.41) is 0. The average Bonchev–Trinajstić information content (AvgIpc) is 2.75. The number of hydrogen-bond acceptors (Lipinski definition) is 3. The molecule has 1 aliphatic rings. The first-order chi connectivity index (χ1) is 7.78. The highest BCUT2D eigenvalue weighted by molar-refractivity contribution is 5.16. The van der Waals surface area contributed by atoms with Crippen LogP contribution >= 0.6 is 0 Å². The number of rotatable bonds is 4. The maximum Gasteiger partial charge on any atom is 0.172 e. The normalized spacial score (nSPS) is 29.5. The second kappa shape index (κ2) is 4.95. The second-order valence-electron chi connectivity index (χ2n) is 4.21. The SMILES string of the molecule is CCC1(Cc2ccccc2)OCC(CN)O1. The maximum atomic E-state index is 5.90. The molecule has 16 heavy (non-hydrogen) atoms. The van der Waals surface area contributed by atoms with Crippen molar-refractivity contribution in [3.8, 4) is 0 Å². The third-order valence-electron chi connectivity index (χ3n) is 3.03. The second-order valence-corrected chi connectivity index (χ2v) is 4.21. The van der Waals surface area contributed by atoms with Crippen molar-refractivity contribution in [2.75, 3.05) is 13.2 Å². The molecule has 2 rings (SSSR count). The Morgan fingerprint density at radius 1 is 1.38 bits per heavy atom. The predicted octanol–water partition coefficient (Wildman–Crippen LogP) is 1.71. The van der Waals surface area contributed by atoms with E-state index in [1.54, 1.807) is 0 Å². The molecule has 3 heteroatoms. The molecule has 1 aromatic rings. The third kappa shape index (κ3) is 2.43. The van der Waals surface area contributed by atoms with Crippen LogP contribution in [-0.4, -0.2) is 25.0 Å². The largest absolute Gasteiger partial charge is 0.347 e. The van der Waals surface area contributed by atoms with Gasteiger partial charge in [0.05, 0.1) is 12.7 Å². The lowest BCUT2D eigenvalue weighted by atomic mass is 10.0. The summed E-state index contributed by atoms with van der Waals surface area (Å²) in [4.78, 5) is 0. The lowest BCUT2D eigenvalue weighted by Gasteiger charge is -2.26. The summed E-state index contributed by atoms with van der Waals surface area (Å²) in [6.45, 7) is 3.22. The van der Waals surface area contributed by atoms with Crippen LogP contribution in [0.3, 0.4) is 0 Å². The third-order valence-corrected chi connectivity index (χ3v) is 3.03. The Morgan fingerprint density at radius 2 is 2.12 bits per heavy atom. The smallest absolute Gasteiger partial charge is 0.172 e. The fourth-order valence-electron chi connectivity index (χ4n) is 2.04. The molecule has 2 atom stereocenters. The molecule has 1 saturated heterocycles. The summed E-state index contributed by atoms with van der Waals surface area (Å²) in [6.07, 6.45) is 1.68. The predicted molar refractivity (Wildman–Crippen MR) is 63.0 cm³/mol. The van der Waals surface area contributed by atoms with Crippen LogP contribution in [0.5, 0.6) is 0 Å². The van der Waals surface area contributed by atoms with E-state index in [4.69, 9.17) is 15.2 Å². The lowest BCUT2D eigenvalue weighted by molar-refractivity contribution is -0.167. The van der Waals surface area contributed by atoms with Crippen LogP contribution in [0.4, 0.5) is 0 Å². The zero-order chi connectivity index (χ0) is 11.4. The standard InChI is InChI=1S/C13H19NO2/c1-2-13(15-10-12(9-14)16-13)8-11-6-4-3-5-7-11/h3-7,12H,2,8-10,14H2,1H3. The van der Waals surface area contributed by atoms with Gasteiger partial charge >= 0.3 is 0 Å². The minimum Gasteiger partial charge on any atom is -0.347 e. The molecule has 0 aromatic heterocycles. The van der Waals surface area contributed by atoms with Crippen LogP contribution in [0.25, 0.3) is 0 Å². The minimum absolute atomic E-state index is 0.0451. The molecule has 1 aliphatic heterocycles. The van der Waals surface area contributed by atoms with Gasteiger partial charge in [-0.2, -0.15) is 0 Å². The van der Waals surface area contributed by atoms with Crippen LogP contribution in [0.2, 0.25) is 0 Å². The minimum atomic E-state index is -0.467. The molecule has 0 amide bonds. The van der Waals surface area contributed by atoms with Crippen LogP contribution in [0.1, 0.15) is 18.9 Å². The Hall–Kier alpha value is -0.900. The molecular formula is C13H19NO2. The molecule has 1 aromatic carbocycles. The van der Waals surface area contributed by atoms with Crippen molar-refractivity contribution in [3.63, 3.8) is 0 Å². The molecule has 0 bridgehead atoms. The van der Waals surface area contributed by atoms with Gasteiger partial charge in [-0.1, -0.05) is 37.3 Å². The summed E-state index contributed by atoms with van der Waals surface area (Å²) in [5.74, 6) is -0.467. The number of hydrogen-bond donors (Lipinski definition) is 1. The zero-order valence-corrected chi connectivity index (χ0v) is 9.69. The number of benzene rings is 1. The molecule has 2 unspecified atom stereocenters. The van der Waals surface area contributed by atoms with Crippen molar-refractivity contribution in [2.45, 2.75) is 31.7 Å². The molecular weight excluding hydrogens is 202 g/mol. The highest BCUT2D eigenvalue weighted by Crippen LogP contribution is 2.30. The summed E-state index contributed by atoms with van der Waals surface area (Å²) < 4.78 is 11.7. The lowest BCUT2D eigenvalue weighted by Crippen LogP contribution is -2.34. The van der Waals surface area contributed by atoms with E-state index in [1.165, 1.54) is 5.56 Å². The van der Waals surface area contributed by atoms with Crippen LogP contribution in [0.15, 0.2) is 30.3 Å². The monoisotopic (exact) mass is 221 g/mol. The molecule has 1 heterocycles. The van der Waals surface area contributed by atoms with E-state index >= 15 is 0 Å². The maximum absolute atomic E-state index is 5.90. The van der Waals surface area contributed by atoms with Gasteiger partial charge in [-0.05, 0) is 12.0 Å². The Labute approximate surface area is 96.5 Å². The fraction of sp³-hybridized carbons (Fsp3) is 0.538. The highest BCUT2D eigenvalue weighted by atomic mass is 16.7. The van der Waals surface area contributed by atoms with E-state index in [0.717, 1.165) is 12.8 Å². The van der Waals surface area contributed by atoms with Gasteiger partial charge in [0.25, 0.3) is 0 Å². The van der Waals surface area contributed by atoms with Crippen molar-refractivity contribution >= 4 is 0 Å². The summed E-state index contributed by atoms with van der Waals surface area (Å²) >= 11 is 0. The molecule has 0 spiro atoms. The van der Waals surface area contributed by atoms with Gasteiger partial charge in [0, 0.05) is 13.0 Å². The van der Waals surface area contributed by atoms with Crippen molar-refractivity contribution in [1.29, 1.82) is 0 Å². The molecule has 88 valence electrons. The van der Waals surface area contributed by atoms with Gasteiger partial charge in [-0.25, -0.2) is 0 Å². The van der Waals surface area contributed by atoms with Crippen molar-refractivity contribution < 1.29 is 9.47 Å². The van der Waals surface area contributed by atoms with E-state index in [2.05, 4.69) is 19.1 Å². The molecule has 0 saturated carbocycles. The van der Waals surface area contributed by atoms with Gasteiger partial charge in [-0.15, -0.1) is 0 Å². The molecule has 0 radical (unpaired) electrons. The van der Waals surface area contributed by atoms with E-state index in [0.29, 0.717) is 13.2 Å². The quantitative estimate of drug-likeness (QED) is 0.841. The fourth-order valence-corrected chi connectivity index (χ4v) is 2.04. The van der Waals surface area contributed by atoms with E-state index in [-0.39, 0.29) is 6.10 Å². The van der Waals surface area contributed by atoms with Gasteiger partial charge in [0.1, 0.15) is 0 Å². The summed E-state index contributed by atoms with van der Waals surface area (Å²) in [5.41, 5.74) is 6.84. The van der Waals surface area contributed by atoms with Crippen molar-refractivity contribution in [3.05, 3.63) is 35.9 Å². The Morgan fingerprint density at radius 3 is 2.69 bits per heavy atom. The topological polar surface area (TPSA) is 44.5 Å². The van der Waals surface area contributed by atoms with Crippen LogP contribution in [-0.2, 0) is 15.9 Å². The Balaban J connectivity index is 2.06. The summed E-state index contributed by atoms with van der Waals surface area (Å²) in [7, 11) is 0. The summed E-state index contributed by atoms with van der Waals surface area (Å²) in [6, 6.07) is 10.3. The number of ether oxygens (including phenoxy) is 2. The zero-order valence-electron chi connectivity index (χ0n) is 9.69. The number of nitrogens with two attached hydrogens (primary N) is 1. The first-order valence-electron chi connectivity index (χ1n) is 5.84. The van der Waals surface area contributed by atoms with Crippen LogP contribution in [0, 0.1) is 0 Å². The average molecular weight is 221 g/mol. The van der Waals surface area contributed by atoms with E-state index < -0.39 is 5.79 Å². The molecule has 0 aliphatic carbocycles. The van der Waals surface area contributed by atoms with Crippen molar-refractivity contribution in [2.24, 2.45) is 5.73 Å². The molecule has 2 N–H and O–H groups in total. The van der Waals surface area contributed by atoms with Crippen LogP contribution < -0.4 is 5.73 Å².